The molecule has 1 aliphatic carbocycles. The molecule has 1 aromatic carbocycles. The van der Waals surface area contributed by atoms with E-state index >= 15 is 0 Å². The average Bonchev–Trinajstić information content (AvgIpc) is 2.38. The molecule has 0 atom stereocenters. The average molecular weight is 318 g/mol. The Bertz CT molecular complexity index is 635. The zero-order chi connectivity index (χ0) is 15.8. The highest BCUT2D eigenvalue weighted by Crippen LogP contribution is 2.35. The maximum absolute atomic E-state index is 13.9. The van der Waals surface area contributed by atoms with Crippen molar-refractivity contribution in [3.8, 4) is 0 Å². The van der Waals surface area contributed by atoms with E-state index in [2.05, 4.69) is 18.6 Å². The first-order valence-corrected chi connectivity index (χ1v) is 8.36. The maximum Gasteiger partial charge on any atom is 0.243 e. The molecule has 0 spiro atoms. The van der Waals surface area contributed by atoms with Gasteiger partial charge in [-0.3, -0.25) is 0 Å². The van der Waals surface area contributed by atoms with Crippen molar-refractivity contribution in [3.05, 3.63) is 23.8 Å². The quantitative estimate of drug-likeness (QED) is 0.842. The van der Waals surface area contributed by atoms with Crippen molar-refractivity contribution in [3.63, 3.8) is 0 Å². The molecule has 0 unspecified atom stereocenters. The summed E-state index contributed by atoms with van der Waals surface area (Å²) in [4.78, 5) is -0.605. The molecule has 1 aliphatic rings. The Hall–Kier alpha value is -1.21. The van der Waals surface area contributed by atoms with Crippen molar-refractivity contribution >= 4 is 15.7 Å². The molecule has 4 nitrogen and oxygen atoms in total. The van der Waals surface area contributed by atoms with Crippen LogP contribution in [0.3, 0.4) is 0 Å². The summed E-state index contributed by atoms with van der Waals surface area (Å²) >= 11 is 0. The van der Waals surface area contributed by atoms with Crippen molar-refractivity contribution in [2.24, 2.45) is 5.41 Å². The summed E-state index contributed by atoms with van der Waals surface area (Å²) in [6, 6.07) is 1.53. The molecule has 0 radical (unpaired) electrons. The van der Waals surface area contributed by atoms with Gasteiger partial charge >= 0.3 is 0 Å². The summed E-state index contributed by atoms with van der Waals surface area (Å²) in [5.74, 6) is -2.20. The lowest BCUT2D eigenvalue weighted by Gasteiger charge is -2.34. The monoisotopic (exact) mass is 318 g/mol. The Morgan fingerprint density at radius 1 is 1.24 bits per heavy atom. The van der Waals surface area contributed by atoms with Crippen LogP contribution in [0.25, 0.3) is 0 Å². The van der Waals surface area contributed by atoms with Crippen LogP contribution in [0.5, 0.6) is 0 Å². The van der Waals surface area contributed by atoms with Gasteiger partial charge in [0.2, 0.25) is 10.0 Å². The van der Waals surface area contributed by atoms with Crippen LogP contribution < -0.4 is 10.5 Å². The third kappa shape index (κ3) is 3.52. The molecule has 21 heavy (non-hydrogen) atoms. The molecule has 3 N–H and O–H groups in total. The first-order valence-electron chi connectivity index (χ1n) is 6.88. The van der Waals surface area contributed by atoms with Crippen LogP contribution in [0, 0.1) is 17.0 Å². The predicted octanol–water partition coefficient (Wildman–Crippen LogP) is 2.79. The molecule has 0 bridgehead atoms. The van der Waals surface area contributed by atoms with E-state index in [0.29, 0.717) is 12.8 Å². The highest BCUT2D eigenvalue weighted by Gasteiger charge is 2.31. The zero-order valence-corrected chi connectivity index (χ0v) is 12.9. The zero-order valence-electron chi connectivity index (χ0n) is 12.1. The van der Waals surface area contributed by atoms with E-state index in [1.54, 1.807) is 0 Å². The SMILES string of the molecule is CC1(C)CCC(NS(=O)(=O)c2ccc(F)c(N)c2F)CC1. The van der Waals surface area contributed by atoms with Crippen LogP contribution in [-0.4, -0.2) is 14.5 Å². The fraction of sp³-hybridized carbons (Fsp3) is 0.571. The van der Waals surface area contributed by atoms with Gasteiger partial charge in [-0.15, -0.1) is 0 Å². The number of nitrogens with two attached hydrogens (primary N) is 1. The van der Waals surface area contributed by atoms with Gasteiger partial charge in [0.05, 0.1) is 0 Å². The number of nitrogen functional groups attached to an aromatic ring is 1. The number of anilines is 1. The molecule has 0 saturated heterocycles. The van der Waals surface area contributed by atoms with Gasteiger partial charge in [-0.05, 0) is 43.2 Å². The second kappa shape index (κ2) is 5.53. The molecular weight excluding hydrogens is 298 g/mol. The molecule has 1 fully saturated rings. The number of sulfonamides is 1. The maximum atomic E-state index is 13.9. The number of nitrogens with one attached hydrogen (secondary N) is 1. The van der Waals surface area contributed by atoms with Crippen LogP contribution in [0.1, 0.15) is 39.5 Å². The molecule has 1 saturated carbocycles. The fourth-order valence-corrected chi connectivity index (χ4v) is 3.95. The molecule has 2 rings (SSSR count). The van der Waals surface area contributed by atoms with E-state index in [4.69, 9.17) is 5.73 Å². The molecular formula is C14H20F2N2O2S. The first kappa shape index (κ1) is 16.2. The predicted molar refractivity (Wildman–Crippen MR) is 77.1 cm³/mol. The number of halogens is 2. The summed E-state index contributed by atoms with van der Waals surface area (Å²) in [7, 11) is -4.04. The summed E-state index contributed by atoms with van der Waals surface area (Å²) in [5, 5.41) is 0. The van der Waals surface area contributed by atoms with Crippen molar-refractivity contribution < 1.29 is 17.2 Å². The molecule has 0 heterocycles. The smallest absolute Gasteiger partial charge is 0.243 e. The standard InChI is InChI=1S/C14H20F2N2O2S/c1-14(2)7-5-9(6-8-14)18-21(19,20)11-4-3-10(15)13(17)12(11)16/h3-4,9,18H,5-8,17H2,1-2H3. The van der Waals surface area contributed by atoms with Crippen LogP contribution in [0.2, 0.25) is 0 Å². The van der Waals surface area contributed by atoms with Gasteiger partial charge in [0, 0.05) is 6.04 Å². The molecule has 0 aliphatic heterocycles. The molecule has 1 aromatic rings. The summed E-state index contributed by atoms with van der Waals surface area (Å²) in [6.45, 7) is 4.27. The normalized spacial score (nSPS) is 19.6. The topological polar surface area (TPSA) is 72.2 Å². The lowest BCUT2D eigenvalue weighted by atomic mass is 9.76. The van der Waals surface area contributed by atoms with Crippen LogP contribution >= 0.6 is 0 Å². The van der Waals surface area contributed by atoms with E-state index in [1.807, 2.05) is 0 Å². The minimum atomic E-state index is -4.04. The Morgan fingerprint density at radius 3 is 2.38 bits per heavy atom. The van der Waals surface area contributed by atoms with Gasteiger partial charge in [-0.1, -0.05) is 13.8 Å². The van der Waals surface area contributed by atoms with E-state index < -0.39 is 32.2 Å². The third-order valence-corrected chi connectivity index (χ3v) is 5.58. The molecule has 0 amide bonds. The minimum absolute atomic E-state index is 0.202. The van der Waals surface area contributed by atoms with Crippen molar-refractivity contribution in [2.45, 2.75) is 50.5 Å². The Balaban J connectivity index is 2.18. The Kier molecular flexibility index (Phi) is 4.26. The number of benzene rings is 1. The number of hydrogen-bond donors (Lipinski definition) is 2. The number of rotatable bonds is 3. The Labute approximate surface area is 123 Å². The lowest BCUT2D eigenvalue weighted by Crippen LogP contribution is -2.39. The van der Waals surface area contributed by atoms with Crippen LogP contribution in [0.4, 0.5) is 14.5 Å². The highest BCUT2D eigenvalue weighted by molar-refractivity contribution is 7.89. The van der Waals surface area contributed by atoms with Gasteiger partial charge in [-0.25, -0.2) is 21.9 Å². The first-order chi connectivity index (χ1) is 9.62. The summed E-state index contributed by atoms with van der Waals surface area (Å²) in [5.41, 5.74) is 4.63. The van der Waals surface area contributed by atoms with E-state index in [9.17, 15) is 17.2 Å². The molecule has 118 valence electrons. The third-order valence-electron chi connectivity index (χ3n) is 4.04. The van der Waals surface area contributed by atoms with Crippen molar-refractivity contribution in [1.29, 1.82) is 0 Å². The van der Waals surface area contributed by atoms with Crippen LogP contribution in [0.15, 0.2) is 17.0 Å². The van der Waals surface area contributed by atoms with E-state index in [-0.39, 0.29) is 11.5 Å². The summed E-state index contributed by atoms with van der Waals surface area (Å²) in [6.07, 6.45) is 3.19. The lowest BCUT2D eigenvalue weighted by molar-refractivity contribution is 0.218. The van der Waals surface area contributed by atoms with Crippen molar-refractivity contribution in [1.82, 2.24) is 4.72 Å². The Morgan fingerprint density at radius 2 is 1.81 bits per heavy atom. The van der Waals surface area contributed by atoms with Crippen LogP contribution in [-0.2, 0) is 10.0 Å². The van der Waals surface area contributed by atoms with Gasteiger partial charge in [0.1, 0.15) is 16.4 Å². The van der Waals surface area contributed by atoms with Crippen molar-refractivity contribution in [2.75, 3.05) is 5.73 Å². The largest absolute Gasteiger partial charge is 0.394 e. The highest BCUT2D eigenvalue weighted by atomic mass is 32.2. The van der Waals surface area contributed by atoms with Gasteiger partial charge in [0.15, 0.2) is 5.82 Å². The summed E-state index contributed by atoms with van der Waals surface area (Å²) < 4.78 is 53.9. The van der Waals surface area contributed by atoms with E-state index in [0.717, 1.165) is 25.0 Å². The molecule has 7 heteroatoms. The van der Waals surface area contributed by atoms with Gasteiger partial charge in [0.25, 0.3) is 0 Å². The van der Waals surface area contributed by atoms with Gasteiger partial charge in [-0.2, -0.15) is 0 Å². The fourth-order valence-electron chi connectivity index (χ4n) is 2.56. The van der Waals surface area contributed by atoms with E-state index in [1.165, 1.54) is 0 Å². The molecule has 0 aromatic heterocycles. The number of hydrogen-bond acceptors (Lipinski definition) is 3. The van der Waals surface area contributed by atoms with Gasteiger partial charge < -0.3 is 5.73 Å². The second-order valence-electron chi connectivity index (χ2n) is 6.33. The minimum Gasteiger partial charge on any atom is -0.394 e. The second-order valence-corrected chi connectivity index (χ2v) is 8.02.